The van der Waals surface area contributed by atoms with Crippen LogP contribution < -0.4 is 5.56 Å². The Morgan fingerprint density at radius 3 is 2.04 bits per heavy atom. The minimum atomic E-state index is -0.633. The van der Waals surface area contributed by atoms with Crippen molar-refractivity contribution in [1.29, 1.82) is 0 Å². The van der Waals surface area contributed by atoms with Gasteiger partial charge in [-0.3, -0.25) is 29.6 Å². The molecular weight excluding hydrogens is 628 g/mol. The number of fused-ring (bicyclic) bond motifs is 1. The van der Waals surface area contributed by atoms with Crippen molar-refractivity contribution in [3.63, 3.8) is 0 Å². The number of ketones is 1. The lowest BCUT2D eigenvalue weighted by Gasteiger charge is -2.30. The molecule has 48 heavy (non-hydrogen) atoms. The smallest absolute Gasteiger partial charge is 0.409 e. The van der Waals surface area contributed by atoms with Crippen LogP contribution in [0.5, 0.6) is 0 Å². The molecule has 2 amide bonds. The molecule has 2 aliphatic heterocycles. The Morgan fingerprint density at radius 2 is 1.48 bits per heavy atom. The van der Waals surface area contributed by atoms with Crippen LogP contribution in [0.15, 0.2) is 47.4 Å². The molecule has 2 saturated heterocycles. The third-order valence-electron chi connectivity index (χ3n) is 8.18. The van der Waals surface area contributed by atoms with Crippen LogP contribution in [0.3, 0.4) is 0 Å². The zero-order valence-electron chi connectivity index (χ0n) is 27.0. The second-order valence-electron chi connectivity index (χ2n) is 11.3. The molecule has 3 aromatic rings. The number of nitrogens with one attached hydrogen (secondary N) is 1. The number of nitro benzene ring substituents is 1. The van der Waals surface area contributed by atoms with Gasteiger partial charge in [-0.1, -0.05) is 0 Å². The molecule has 0 spiro atoms. The van der Waals surface area contributed by atoms with E-state index >= 15 is 0 Å². The molecule has 2 fully saturated rings. The fourth-order valence-corrected chi connectivity index (χ4v) is 5.54. The third kappa shape index (κ3) is 9.62. The number of aromatic nitrogens is 3. The summed E-state index contributed by atoms with van der Waals surface area (Å²) in [5.74, 6) is -0.899. The zero-order chi connectivity index (χ0) is 34.6. The number of nitrogens with zero attached hydrogens (tertiary/aromatic N) is 5. The fraction of sp³-hybridized carbons (Fsp3) is 0.500. The predicted molar refractivity (Wildman–Crippen MR) is 170 cm³/mol. The van der Waals surface area contributed by atoms with E-state index in [1.165, 1.54) is 28.8 Å². The van der Waals surface area contributed by atoms with Crippen molar-refractivity contribution in [3.05, 3.63) is 74.3 Å². The van der Waals surface area contributed by atoms with E-state index in [0.29, 0.717) is 63.4 Å². The quantitative estimate of drug-likeness (QED) is 0.114. The van der Waals surface area contributed by atoms with Gasteiger partial charge in [-0.2, -0.15) is 0 Å². The van der Waals surface area contributed by atoms with Gasteiger partial charge in [0.2, 0.25) is 0 Å². The topological polar surface area (TPSA) is 196 Å². The number of hydrogen-bond acceptors (Lipinski definition) is 11. The maximum atomic E-state index is 12.2. The highest BCUT2D eigenvalue weighted by Gasteiger charge is 2.29. The van der Waals surface area contributed by atoms with E-state index in [9.17, 15) is 34.1 Å². The molecule has 258 valence electrons. The van der Waals surface area contributed by atoms with E-state index in [4.69, 9.17) is 14.2 Å². The van der Waals surface area contributed by atoms with E-state index in [0.717, 1.165) is 18.5 Å². The molecule has 0 aliphatic carbocycles. The van der Waals surface area contributed by atoms with Gasteiger partial charge in [0.25, 0.3) is 11.2 Å². The van der Waals surface area contributed by atoms with Gasteiger partial charge in [0.1, 0.15) is 18.8 Å². The minimum absolute atomic E-state index is 0.0468. The third-order valence-corrected chi connectivity index (χ3v) is 8.18. The maximum Gasteiger partial charge on any atom is 0.409 e. The Bertz CT molecular complexity index is 1640. The number of Topliss-reactive ketones (excluding diaryl/α,β-unsaturated/α-hetero) is 1. The molecule has 0 saturated carbocycles. The SMILES string of the molecule is CCOC(=O)N1CCC(C(=O)CC(=O)OCc2ccc([N+](=O)[O-])cc2)CC1.CCOC(=O)N1CCC(c2cc(=O)n3[nH]ccc3n2)CC1. The van der Waals surface area contributed by atoms with Crippen molar-refractivity contribution < 1.29 is 38.3 Å². The summed E-state index contributed by atoms with van der Waals surface area (Å²) in [5, 5.41) is 13.4. The second-order valence-corrected chi connectivity index (χ2v) is 11.3. The summed E-state index contributed by atoms with van der Waals surface area (Å²) < 4.78 is 16.4. The molecule has 0 unspecified atom stereocenters. The second kappa shape index (κ2) is 17.0. The number of carbonyl (C=O) groups is 4. The van der Waals surface area contributed by atoms with Crippen LogP contribution in [0.2, 0.25) is 0 Å². The first-order valence-corrected chi connectivity index (χ1v) is 15.9. The highest BCUT2D eigenvalue weighted by atomic mass is 16.6. The van der Waals surface area contributed by atoms with Crippen LogP contribution in [0.4, 0.5) is 15.3 Å². The first kappa shape index (κ1) is 35.6. The van der Waals surface area contributed by atoms with Crippen molar-refractivity contribution in [2.45, 2.75) is 58.5 Å². The molecule has 16 nitrogen and oxygen atoms in total. The monoisotopic (exact) mass is 668 g/mol. The molecule has 16 heteroatoms. The van der Waals surface area contributed by atoms with Gasteiger partial charge in [-0.25, -0.2) is 19.1 Å². The number of benzene rings is 1. The number of nitro groups is 1. The number of hydrogen-bond donors (Lipinski definition) is 1. The Morgan fingerprint density at radius 1 is 0.896 bits per heavy atom. The van der Waals surface area contributed by atoms with Crippen LogP contribution in [-0.2, 0) is 30.4 Å². The van der Waals surface area contributed by atoms with Crippen LogP contribution in [-0.4, -0.2) is 92.7 Å². The Hall–Kier alpha value is -5.28. The van der Waals surface area contributed by atoms with Crippen molar-refractivity contribution in [3.8, 4) is 0 Å². The van der Waals surface area contributed by atoms with E-state index in [-0.39, 0.29) is 54.1 Å². The molecule has 2 aromatic heterocycles. The van der Waals surface area contributed by atoms with Crippen molar-refractivity contribution in [2.75, 3.05) is 39.4 Å². The van der Waals surface area contributed by atoms with Gasteiger partial charge < -0.3 is 24.0 Å². The summed E-state index contributed by atoms with van der Waals surface area (Å²) in [5.41, 5.74) is 1.89. The lowest BCUT2D eigenvalue weighted by Crippen LogP contribution is -2.40. The van der Waals surface area contributed by atoms with Crippen LogP contribution >= 0.6 is 0 Å². The number of carbonyl (C=O) groups excluding carboxylic acids is 4. The summed E-state index contributed by atoms with van der Waals surface area (Å²) >= 11 is 0. The van der Waals surface area contributed by atoms with Gasteiger partial charge in [0, 0.05) is 68.5 Å². The molecule has 1 aromatic carbocycles. The number of non-ortho nitro benzene ring substituents is 1. The highest BCUT2D eigenvalue weighted by molar-refractivity contribution is 5.96. The average molecular weight is 669 g/mol. The number of esters is 1. The van der Waals surface area contributed by atoms with Crippen molar-refractivity contribution in [1.82, 2.24) is 24.4 Å². The molecule has 1 N–H and O–H groups in total. The van der Waals surface area contributed by atoms with Crippen LogP contribution in [0.25, 0.3) is 5.65 Å². The molecule has 0 atom stereocenters. The molecule has 2 aliphatic rings. The standard InChI is InChI=1S/C18H22N2O7.C14H18N4O3/c1-2-26-18(23)19-9-7-14(8-10-19)16(21)11-17(22)27-12-13-3-5-15(6-4-13)20(24)25;1-2-21-14(20)17-7-4-10(5-8-17)11-9-13(19)18-12(16-11)3-6-15-18/h3-6,14H,2,7-12H2,1H3;3,6,9-10,15H,2,4-5,7-8H2,1H3. The zero-order valence-corrected chi connectivity index (χ0v) is 27.0. The van der Waals surface area contributed by atoms with Gasteiger partial charge in [-0.15, -0.1) is 0 Å². The first-order chi connectivity index (χ1) is 23.1. The summed E-state index contributed by atoms with van der Waals surface area (Å²) in [6.45, 7) is 6.30. The number of aromatic amines is 1. The number of rotatable bonds is 9. The van der Waals surface area contributed by atoms with Crippen molar-refractivity contribution in [2.24, 2.45) is 5.92 Å². The number of piperidine rings is 2. The Labute approximate surface area is 276 Å². The number of ether oxygens (including phenoxy) is 3. The lowest BCUT2D eigenvalue weighted by atomic mass is 9.91. The first-order valence-electron chi connectivity index (χ1n) is 15.9. The van der Waals surface area contributed by atoms with Gasteiger partial charge in [0.15, 0.2) is 5.65 Å². The van der Waals surface area contributed by atoms with Crippen LogP contribution in [0.1, 0.15) is 63.1 Å². The molecule has 0 radical (unpaired) electrons. The van der Waals surface area contributed by atoms with E-state index in [1.54, 1.807) is 42.0 Å². The molecule has 4 heterocycles. The van der Waals surface area contributed by atoms with Crippen molar-refractivity contribution >= 4 is 35.3 Å². The lowest BCUT2D eigenvalue weighted by molar-refractivity contribution is -0.384. The number of H-pyrrole nitrogens is 1. The summed E-state index contributed by atoms with van der Waals surface area (Å²) in [7, 11) is 0. The van der Waals surface area contributed by atoms with Gasteiger partial charge >= 0.3 is 18.2 Å². The van der Waals surface area contributed by atoms with E-state index in [2.05, 4.69) is 10.1 Å². The predicted octanol–water partition coefficient (Wildman–Crippen LogP) is 3.82. The van der Waals surface area contributed by atoms with Crippen LogP contribution in [0, 0.1) is 16.0 Å². The Kier molecular flexibility index (Phi) is 12.6. The highest BCUT2D eigenvalue weighted by Crippen LogP contribution is 2.26. The van der Waals surface area contributed by atoms with Gasteiger partial charge in [-0.05, 0) is 57.2 Å². The normalized spacial score (nSPS) is 15.3. The minimum Gasteiger partial charge on any atom is -0.460 e. The summed E-state index contributed by atoms with van der Waals surface area (Å²) in [6.07, 6.45) is 3.31. The fourth-order valence-electron chi connectivity index (χ4n) is 5.54. The Balaban J connectivity index is 0.000000223. The molecule has 0 bridgehead atoms. The largest absolute Gasteiger partial charge is 0.460 e. The number of likely N-dealkylation sites (tertiary alicyclic amines) is 2. The number of amides is 2. The summed E-state index contributed by atoms with van der Waals surface area (Å²) in [4.78, 5) is 77.2. The van der Waals surface area contributed by atoms with E-state index in [1.807, 2.05) is 0 Å². The maximum absolute atomic E-state index is 12.2. The molecule has 5 rings (SSSR count). The molecular formula is C32H40N6O10. The summed E-state index contributed by atoms with van der Waals surface area (Å²) in [6, 6.07) is 9.00. The average Bonchev–Trinajstić information content (AvgIpc) is 3.58. The van der Waals surface area contributed by atoms with Gasteiger partial charge in [0.05, 0.1) is 23.8 Å². The van der Waals surface area contributed by atoms with E-state index < -0.39 is 10.9 Å².